The largest absolute Gasteiger partial charge is 0.383 e. The van der Waals surface area contributed by atoms with Gasteiger partial charge >= 0.3 is 0 Å². The van der Waals surface area contributed by atoms with Crippen molar-refractivity contribution in [3.05, 3.63) is 57.5 Å². The highest BCUT2D eigenvalue weighted by atomic mass is 32.1. The monoisotopic (exact) mass is 464 g/mol. The summed E-state index contributed by atoms with van der Waals surface area (Å²) < 4.78 is 6.92. The maximum Gasteiger partial charge on any atom is 0.292 e. The molecule has 2 N–H and O–H groups in total. The third-order valence-electron chi connectivity index (χ3n) is 5.86. The van der Waals surface area contributed by atoms with Crippen LogP contribution in [0.25, 0.3) is 20.4 Å². The molecular weight excluding hydrogens is 440 g/mol. The Balaban J connectivity index is 1.40. The molecular formula is C23H24N6O3S. The highest BCUT2D eigenvalue weighted by molar-refractivity contribution is 7.25. The third kappa shape index (κ3) is 4.07. The number of fused-ring (bicyclic) bond motifs is 4. The van der Waals surface area contributed by atoms with Crippen LogP contribution in [0.2, 0.25) is 0 Å². The van der Waals surface area contributed by atoms with Gasteiger partial charge in [-0.3, -0.25) is 10.1 Å². The average molecular weight is 465 g/mol. The van der Waals surface area contributed by atoms with Crippen molar-refractivity contribution < 1.29 is 9.66 Å². The minimum Gasteiger partial charge on any atom is -0.383 e. The van der Waals surface area contributed by atoms with Crippen LogP contribution in [-0.2, 0) is 24.2 Å². The molecule has 0 atom stereocenters. The van der Waals surface area contributed by atoms with Crippen LogP contribution in [0.3, 0.4) is 0 Å². The second kappa shape index (κ2) is 8.20. The average Bonchev–Trinajstić information content (AvgIpc) is 3.15. The number of nitro groups is 1. The number of pyridine rings is 1. The summed E-state index contributed by atoms with van der Waals surface area (Å²) in [5.74, 6) is 0.749. The van der Waals surface area contributed by atoms with E-state index in [1.54, 1.807) is 36.8 Å². The van der Waals surface area contributed by atoms with Gasteiger partial charge in [0.15, 0.2) is 0 Å². The zero-order valence-electron chi connectivity index (χ0n) is 18.6. The molecule has 4 aromatic rings. The van der Waals surface area contributed by atoms with Crippen molar-refractivity contribution >= 4 is 49.0 Å². The molecule has 9 nitrogen and oxygen atoms in total. The number of thiophene rings is 1. The van der Waals surface area contributed by atoms with Crippen LogP contribution in [0.4, 0.5) is 17.2 Å². The molecule has 1 aliphatic heterocycles. The number of ether oxygens (including phenoxy) is 1. The van der Waals surface area contributed by atoms with Crippen LogP contribution in [0.1, 0.15) is 30.7 Å². The Kier molecular flexibility index (Phi) is 5.34. The fraction of sp³-hybridized carbons (Fsp3) is 0.348. The van der Waals surface area contributed by atoms with E-state index in [9.17, 15) is 10.1 Å². The molecule has 170 valence electrons. The lowest BCUT2D eigenvalue weighted by Crippen LogP contribution is -2.32. The van der Waals surface area contributed by atoms with Gasteiger partial charge in [0.1, 0.15) is 22.7 Å². The number of hydrogen-bond donors (Lipinski definition) is 2. The Morgan fingerprint density at radius 3 is 2.91 bits per heavy atom. The van der Waals surface area contributed by atoms with Crippen LogP contribution < -0.4 is 10.6 Å². The molecule has 4 heterocycles. The molecule has 0 fully saturated rings. The first-order valence-electron chi connectivity index (χ1n) is 10.7. The van der Waals surface area contributed by atoms with Crippen molar-refractivity contribution in [1.82, 2.24) is 15.0 Å². The SMILES string of the molecule is CNc1ccc(CCNc2ncnc3c2sc2nc4c(cc23)COC(C)(C)C4)cc1[N+](=O)[O-]. The molecule has 0 radical (unpaired) electrons. The predicted octanol–water partition coefficient (Wildman–Crippen LogP) is 4.70. The van der Waals surface area contributed by atoms with E-state index in [2.05, 4.69) is 40.5 Å². The van der Waals surface area contributed by atoms with Gasteiger partial charge in [-0.1, -0.05) is 6.07 Å². The van der Waals surface area contributed by atoms with Crippen LogP contribution >= 0.6 is 11.3 Å². The Morgan fingerprint density at radius 2 is 2.12 bits per heavy atom. The fourth-order valence-electron chi connectivity index (χ4n) is 4.13. The lowest BCUT2D eigenvalue weighted by atomic mass is 9.95. The molecule has 0 amide bonds. The van der Waals surface area contributed by atoms with Crippen LogP contribution in [0.15, 0.2) is 30.6 Å². The van der Waals surface area contributed by atoms with E-state index >= 15 is 0 Å². The first-order chi connectivity index (χ1) is 15.8. The van der Waals surface area contributed by atoms with Crippen molar-refractivity contribution in [2.24, 2.45) is 0 Å². The van der Waals surface area contributed by atoms with E-state index in [1.807, 2.05) is 6.07 Å². The summed E-state index contributed by atoms with van der Waals surface area (Å²) in [6, 6.07) is 7.39. The van der Waals surface area contributed by atoms with Gasteiger partial charge in [0.25, 0.3) is 5.69 Å². The standard InChI is InChI=1S/C23H24N6O3S/c1-23(2)10-17-14(11-32-23)9-15-19-20(33-22(15)28-17)21(27-12-26-19)25-7-6-13-4-5-16(24-3)18(8-13)29(30)31/h4-5,8-9,12,24H,6-7,10-11H2,1-3H3,(H,25,26,27). The first-order valence-corrected chi connectivity index (χ1v) is 11.6. The Morgan fingerprint density at radius 1 is 1.27 bits per heavy atom. The number of hydrogen-bond acceptors (Lipinski definition) is 9. The number of benzene rings is 1. The topological polar surface area (TPSA) is 115 Å². The smallest absolute Gasteiger partial charge is 0.292 e. The second-order valence-corrected chi connectivity index (χ2v) is 9.71. The molecule has 3 aromatic heterocycles. The molecule has 0 saturated heterocycles. The van der Waals surface area contributed by atoms with E-state index in [-0.39, 0.29) is 16.2 Å². The predicted molar refractivity (Wildman–Crippen MR) is 130 cm³/mol. The Labute approximate surface area is 194 Å². The van der Waals surface area contributed by atoms with E-state index in [4.69, 9.17) is 9.72 Å². The molecule has 0 saturated carbocycles. The number of rotatable bonds is 6. The van der Waals surface area contributed by atoms with Crippen molar-refractivity contribution in [2.45, 2.75) is 38.9 Å². The summed E-state index contributed by atoms with van der Waals surface area (Å²) in [6.45, 7) is 5.31. The van der Waals surface area contributed by atoms with Gasteiger partial charge < -0.3 is 15.4 Å². The van der Waals surface area contributed by atoms with Gasteiger partial charge in [-0.25, -0.2) is 15.0 Å². The summed E-state index contributed by atoms with van der Waals surface area (Å²) >= 11 is 1.58. The normalized spacial score (nSPS) is 14.9. The van der Waals surface area contributed by atoms with Crippen molar-refractivity contribution in [1.29, 1.82) is 0 Å². The van der Waals surface area contributed by atoms with E-state index in [0.717, 1.165) is 49.5 Å². The Hall–Kier alpha value is -3.37. The van der Waals surface area contributed by atoms with E-state index in [1.165, 1.54) is 0 Å². The maximum atomic E-state index is 11.3. The zero-order valence-corrected chi connectivity index (χ0v) is 19.5. The van der Waals surface area contributed by atoms with Gasteiger partial charge in [-0.15, -0.1) is 11.3 Å². The van der Waals surface area contributed by atoms with Crippen LogP contribution in [0.5, 0.6) is 0 Å². The van der Waals surface area contributed by atoms with Crippen LogP contribution in [0, 0.1) is 10.1 Å². The minimum absolute atomic E-state index is 0.0751. The Bertz CT molecular complexity index is 1380. The molecule has 1 aromatic carbocycles. The molecule has 0 unspecified atom stereocenters. The molecule has 0 bridgehead atoms. The first kappa shape index (κ1) is 21.5. The molecule has 10 heteroatoms. The van der Waals surface area contributed by atoms with E-state index in [0.29, 0.717) is 25.3 Å². The lowest BCUT2D eigenvalue weighted by molar-refractivity contribution is -0.384. The van der Waals surface area contributed by atoms with Crippen molar-refractivity contribution in [3.8, 4) is 0 Å². The second-order valence-electron chi connectivity index (χ2n) is 8.71. The number of anilines is 2. The molecule has 0 spiro atoms. The molecule has 1 aliphatic rings. The van der Waals surface area contributed by atoms with Gasteiger partial charge in [-0.05, 0) is 38.0 Å². The highest BCUT2D eigenvalue weighted by Gasteiger charge is 2.28. The third-order valence-corrected chi connectivity index (χ3v) is 6.96. The van der Waals surface area contributed by atoms with Gasteiger partial charge in [0, 0.05) is 37.0 Å². The summed E-state index contributed by atoms with van der Waals surface area (Å²) in [7, 11) is 1.67. The van der Waals surface area contributed by atoms with Gasteiger partial charge in [0.2, 0.25) is 0 Å². The van der Waals surface area contributed by atoms with Crippen molar-refractivity contribution in [2.75, 3.05) is 24.2 Å². The quantitative estimate of drug-likeness (QED) is 0.312. The summed E-state index contributed by atoms with van der Waals surface area (Å²) in [5.41, 5.74) is 4.32. The number of nitrogens with one attached hydrogen (secondary N) is 2. The molecule has 0 aliphatic carbocycles. The van der Waals surface area contributed by atoms with Gasteiger partial charge in [0.05, 0.1) is 33.0 Å². The fourth-order valence-corrected chi connectivity index (χ4v) is 5.23. The zero-order chi connectivity index (χ0) is 23.2. The summed E-state index contributed by atoms with van der Waals surface area (Å²) in [5, 5.41) is 18.6. The number of nitrogens with zero attached hydrogens (tertiary/aromatic N) is 4. The molecule has 5 rings (SSSR count). The summed E-state index contributed by atoms with van der Waals surface area (Å²) in [6.07, 6.45) is 2.96. The maximum absolute atomic E-state index is 11.3. The number of aromatic nitrogens is 3. The summed E-state index contributed by atoms with van der Waals surface area (Å²) in [4.78, 5) is 25.8. The van der Waals surface area contributed by atoms with Gasteiger partial charge in [-0.2, -0.15) is 0 Å². The van der Waals surface area contributed by atoms with Crippen molar-refractivity contribution in [3.63, 3.8) is 0 Å². The highest BCUT2D eigenvalue weighted by Crippen LogP contribution is 2.38. The van der Waals surface area contributed by atoms with E-state index < -0.39 is 0 Å². The number of nitro benzene ring substituents is 1. The van der Waals surface area contributed by atoms with Crippen LogP contribution in [-0.4, -0.2) is 39.1 Å². The molecule has 33 heavy (non-hydrogen) atoms. The minimum atomic E-state index is -0.368. The lowest BCUT2D eigenvalue weighted by Gasteiger charge is -2.30.